The van der Waals surface area contributed by atoms with E-state index in [-0.39, 0.29) is 0 Å². The zero-order chi connectivity index (χ0) is 12.8. The van der Waals surface area contributed by atoms with Crippen molar-refractivity contribution in [2.24, 2.45) is 0 Å². The van der Waals surface area contributed by atoms with Crippen molar-refractivity contribution < 1.29 is 0 Å². The maximum atomic E-state index is 4.79. The Kier molecular flexibility index (Phi) is 4.80. The minimum absolute atomic E-state index is 1.11. The van der Waals surface area contributed by atoms with Crippen LogP contribution in [0.15, 0.2) is 24.3 Å². The zero-order valence-corrected chi connectivity index (χ0v) is 11.7. The molecule has 0 radical (unpaired) electrons. The fraction of sp³-hybridized carbons (Fsp3) is 0.562. The Morgan fingerprint density at radius 2 is 1.78 bits per heavy atom. The third kappa shape index (κ3) is 2.92. The van der Waals surface area contributed by atoms with Crippen LogP contribution in [0.1, 0.15) is 51.8 Å². The highest BCUT2D eigenvalue weighted by molar-refractivity contribution is 5.75. The molecule has 0 bridgehead atoms. The number of unbranched alkanes of at least 4 members (excludes halogenated alkanes) is 3. The smallest absolute Gasteiger partial charge is 0.109 e. The second kappa shape index (κ2) is 6.58. The van der Waals surface area contributed by atoms with Gasteiger partial charge in [0.1, 0.15) is 5.82 Å². The Morgan fingerprint density at radius 3 is 2.56 bits per heavy atom. The van der Waals surface area contributed by atoms with Crippen molar-refractivity contribution in [2.75, 3.05) is 0 Å². The average Bonchev–Trinajstić information content (AvgIpc) is 2.75. The molecule has 98 valence electrons. The predicted molar refractivity (Wildman–Crippen MR) is 77.9 cm³/mol. The van der Waals surface area contributed by atoms with Crippen molar-refractivity contribution in [3.8, 4) is 0 Å². The molecule has 2 rings (SSSR count). The first kappa shape index (κ1) is 13.1. The van der Waals surface area contributed by atoms with Gasteiger partial charge >= 0.3 is 0 Å². The lowest BCUT2D eigenvalue weighted by Gasteiger charge is -2.08. The van der Waals surface area contributed by atoms with E-state index in [0.29, 0.717) is 0 Å². The van der Waals surface area contributed by atoms with Crippen molar-refractivity contribution in [3.63, 3.8) is 0 Å². The lowest BCUT2D eigenvalue weighted by atomic mass is 10.2. The minimum atomic E-state index is 1.11. The van der Waals surface area contributed by atoms with E-state index >= 15 is 0 Å². The van der Waals surface area contributed by atoms with E-state index in [1.165, 1.54) is 43.4 Å². The van der Waals surface area contributed by atoms with E-state index in [1.807, 2.05) is 0 Å². The van der Waals surface area contributed by atoms with E-state index in [0.717, 1.165) is 18.5 Å². The molecule has 0 aliphatic carbocycles. The maximum Gasteiger partial charge on any atom is 0.109 e. The Balaban J connectivity index is 2.25. The van der Waals surface area contributed by atoms with Gasteiger partial charge in [-0.25, -0.2) is 4.98 Å². The molecule has 0 amide bonds. The van der Waals surface area contributed by atoms with Crippen LogP contribution in [-0.2, 0) is 13.0 Å². The van der Waals surface area contributed by atoms with Crippen LogP contribution in [0.5, 0.6) is 0 Å². The Bertz CT molecular complexity index is 485. The SMILES string of the molecule is CCCCCn1c(CCCC)nc2ccccc21. The second-order valence-corrected chi connectivity index (χ2v) is 4.98. The fourth-order valence-electron chi connectivity index (χ4n) is 2.42. The largest absolute Gasteiger partial charge is 0.328 e. The highest BCUT2D eigenvalue weighted by Gasteiger charge is 2.09. The van der Waals surface area contributed by atoms with Crippen LogP contribution in [0.4, 0.5) is 0 Å². The van der Waals surface area contributed by atoms with Gasteiger partial charge in [0.2, 0.25) is 0 Å². The highest BCUT2D eigenvalue weighted by atomic mass is 15.1. The van der Waals surface area contributed by atoms with E-state index in [2.05, 4.69) is 42.7 Å². The van der Waals surface area contributed by atoms with Crippen LogP contribution in [0.2, 0.25) is 0 Å². The molecule has 18 heavy (non-hydrogen) atoms. The van der Waals surface area contributed by atoms with E-state index in [1.54, 1.807) is 0 Å². The summed E-state index contributed by atoms with van der Waals surface area (Å²) in [5, 5.41) is 0. The summed E-state index contributed by atoms with van der Waals surface area (Å²) in [5.74, 6) is 1.27. The van der Waals surface area contributed by atoms with Crippen molar-refractivity contribution >= 4 is 11.0 Å². The number of rotatable bonds is 7. The first-order valence-electron chi connectivity index (χ1n) is 7.31. The molecule has 1 heterocycles. The lowest BCUT2D eigenvalue weighted by Crippen LogP contribution is -2.04. The van der Waals surface area contributed by atoms with Gasteiger partial charge < -0.3 is 4.57 Å². The van der Waals surface area contributed by atoms with Crippen molar-refractivity contribution in [1.82, 2.24) is 9.55 Å². The molecule has 1 aromatic heterocycles. The zero-order valence-electron chi connectivity index (χ0n) is 11.7. The minimum Gasteiger partial charge on any atom is -0.328 e. The number of imidazole rings is 1. The van der Waals surface area contributed by atoms with Gasteiger partial charge in [0, 0.05) is 13.0 Å². The van der Waals surface area contributed by atoms with Gasteiger partial charge in [0.05, 0.1) is 11.0 Å². The first-order valence-corrected chi connectivity index (χ1v) is 7.31. The molecule has 0 atom stereocenters. The third-order valence-corrected chi connectivity index (χ3v) is 3.47. The number of aryl methyl sites for hydroxylation is 2. The van der Waals surface area contributed by atoms with Gasteiger partial charge in [0.15, 0.2) is 0 Å². The third-order valence-electron chi connectivity index (χ3n) is 3.47. The van der Waals surface area contributed by atoms with Crippen LogP contribution < -0.4 is 0 Å². The summed E-state index contributed by atoms with van der Waals surface area (Å²) in [6.45, 7) is 5.61. The Labute approximate surface area is 110 Å². The van der Waals surface area contributed by atoms with Crippen LogP contribution in [0.25, 0.3) is 11.0 Å². The lowest BCUT2D eigenvalue weighted by molar-refractivity contribution is 0.583. The molecule has 2 heteroatoms. The molecule has 0 aliphatic rings. The fourth-order valence-corrected chi connectivity index (χ4v) is 2.42. The number of fused-ring (bicyclic) bond motifs is 1. The number of nitrogens with zero attached hydrogens (tertiary/aromatic N) is 2. The Morgan fingerprint density at radius 1 is 1.00 bits per heavy atom. The number of para-hydroxylation sites is 2. The normalized spacial score (nSPS) is 11.2. The number of aromatic nitrogens is 2. The van der Waals surface area contributed by atoms with Crippen LogP contribution in [-0.4, -0.2) is 9.55 Å². The maximum absolute atomic E-state index is 4.79. The van der Waals surface area contributed by atoms with Crippen molar-refractivity contribution in [2.45, 2.75) is 58.9 Å². The standard InChI is InChI=1S/C16H24N2/c1-3-5-9-13-18-15-11-8-7-10-14(15)17-16(18)12-6-4-2/h7-8,10-11H,3-6,9,12-13H2,1-2H3. The van der Waals surface area contributed by atoms with Crippen LogP contribution >= 0.6 is 0 Å². The number of benzene rings is 1. The molecule has 0 unspecified atom stereocenters. The molecule has 2 aromatic rings. The van der Waals surface area contributed by atoms with Gasteiger partial charge in [-0.15, -0.1) is 0 Å². The Hall–Kier alpha value is -1.31. The van der Waals surface area contributed by atoms with Crippen LogP contribution in [0, 0.1) is 0 Å². The quantitative estimate of drug-likeness (QED) is 0.652. The molecule has 0 fully saturated rings. The summed E-state index contributed by atoms with van der Waals surface area (Å²) >= 11 is 0. The van der Waals surface area contributed by atoms with Gasteiger partial charge in [-0.2, -0.15) is 0 Å². The molecular formula is C16H24N2. The second-order valence-electron chi connectivity index (χ2n) is 4.98. The van der Waals surface area contributed by atoms with Gasteiger partial charge in [0.25, 0.3) is 0 Å². The molecule has 0 saturated carbocycles. The van der Waals surface area contributed by atoms with Crippen molar-refractivity contribution in [1.29, 1.82) is 0 Å². The summed E-state index contributed by atoms with van der Waals surface area (Å²) < 4.78 is 2.43. The molecule has 0 spiro atoms. The average molecular weight is 244 g/mol. The van der Waals surface area contributed by atoms with Crippen LogP contribution in [0.3, 0.4) is 0 Å². The molecule has 1 aromatic carbocycles. The molecular weight excluding hydrogens is 220 g/mol. The van der Waals surface area contributed by atoms with Gasteiger partial charge in [-0.1, -0.05) is 45.2 Å². The molecule has 0 aliphatic heterocycles. The van der Waals surface area contributed by atoms with E-state index < -0.39 is 0 Å². The topological polar surface area (TPSA) is 17.8 Å². The number of hydrogen-bond donors (Lipinski definition) is 0. The summed E-state index contributed by atoms with van der Waals surface area (Å²) in [5.41, 5.74) is 2.46. The number of hydrogen-bond acceptors (Lipinski definition) is 1. The summed E-state index contributed by atoms with van der Waals surface area (Å²) in [6.07, 6.45) is 7.42. The van der Waals surface area contributed by atoms with Gasteiger partial charge in [-0.3, -0.25) is 0 Å². The molecule has 0 saturated heterocycles. The van der Waals surface area contributed by atoms with Gasteiger partial charge in [-0.05, 0) is 25.0 Å². The molecule has 0 N–H and O–H groups in total. The summed E-state index contributed by atoms with van der Waals surface area (Å²) in [7, 11) is 0. The predicted octanol–water partition coefficient (Wildman–Crippen LogP) is 4.57. The summed E-state index contributed by atoms with van der Waals surface area (Å²) in [4.78, 5) is 4.79. The summed E-state index contributed by atoms with van der Waals surface area (Å²) in [6, 6.07) is 8.52. The van der Waals surface area contributed by atoms with E-state index in [9.17, 15) is 0 Å². The molecule has 2 nitrogen and oxygen atoms in total. The monoisotopic (exact) mass is 244 g/mol. The van der Waals surface area contributed by atoms with E-state index in [4.69, 9.17) is 4.98 Å². The first-order chi connectivity index (χ1) is 8.86. The van der Waals surface area contributed by atoms with Crippen molar-refractivity contribution in [3.05, 3.63) is 30.1 Å². The highest BCUT2D eigenvalue weighted by Crippen LogP contribution is 2.18.